The zero-order chi connectivity index (χ0) is 10.8. The van der Waals surface area contributed by atoms with Crippen molar-refractivity contribution in [2.45, 2.75) is 0 Å². The third-order valence-corrected chi connectivity index (χ3v) is 2.38. The van der Waals surface area contributed by atoms with Gasteiger partial charge in [0.1, 0.15) is 0 Å². The smallest absolute Gasteiger partial charge is 0.294 e. The van der Waals surface area contributed by atoms with Crippen LogP contribution in [0.15, 0.2) is 35.9 Å². The number of hydrogen-bond acceptors (Lipinski definition) is 2. The molecule has 0 aliphatic carbocycles. The number of amides is 1. The zero-order valence-electron chi connectivity index (χ0n) is 8.43. The molecule has 2 rings (SSSR count). The number of ketones is 1. The van der Waals surface area contributed by atoms with E-state index in [4.69, 9.17) is 0 Å². The van der Waals surface area contributed by atoms with Gasteiger partial charge in [0.25, 0.3) is 5.91 Å². The molecule has 1 saturated heterocycles. The lowest BCUT2D eigenvalue weighted by Gasteiger charge is -2.02. The summed E-state index contributed by atoms with van der Waals surface area (Å²) in [6.45, 7) is 0.409. The highest BCUT2D eigenvalue weighted by Gasteiger charge is 2.31. The number of nitrogens with zero attached hydrogens (tertiary/aromatic N) is 1. The molecule has 0 spiro atoms. The van der Waals surface area contributed by atoms with E-state index in [9.17, 15) is 9.59 Å². The third kappa shape index (κ3) is 1.81. The molecule has 0 radical (unpaired) electrons. The van der Waals surface area contributed by atoms with Gasteiger partial charge in [0.15, 0.2) is 0 Å². The average molecular weight is 201 g/mol. The maximum Gasteiger partial charge on any atom is 0.294 e. The van der Waals surface area contributed by atoms with Crippen molar-refractivity contribution >= 4 is 17.8 Å². The van der Waals surface area contributed by atoms with E-state index in [-0.39, 0.29) is 5.78 Å². The topological polar surface area (TPSA) is 37.4 Å². The van der Waals surface area contributed by atoms with Crippen LogP contribution in [0, 0.1) is 0 Å². The quantitative estimate of drug-likeness (QED) is 0.504. The Morgan fingerprint density at radius 3 is 2.40 bits per heavy atom. The fraction of sp³-hybridized carbons (Fsp3) is 0.167. The van der Waals surface area contributed by atoms with Gasteiger partial charge in [-0.3, -0.25) is 9.59 Å². The Hall–Kier alpha value is -1.90. The van der Waals surface area contributed by atoms with Crippen LogP contribution in [0.1, 0.15) is 5.56 Å². The summed E-state index contributed by atoms with van der Waals surface area (Å²) in [7, 11) is 1.63. The largest absolute Gasteiger partial charge is 0.334 e. The predicted octanol–water partition coefficient (Wildman–Crippen LogP) is 1.11. The molecule has 3 nitrogen and oxygen atoms in total. The fourth-order valence-corrected chi connectivity index (χ4v) is 1.57. The molecule has 76 valence electrons. The SMILES string of the molecule is CN1C/C(=C/c2ccccc2)C(=O)C1=O. The van der Waals surface area contributed by atoms with Crippen LogP contribution >= 0.6 is 0 Å². The lowest BCUT2D eigenvalue weighted by molar-refractivity contribution is -0.138. The average Bonchev–Trinajstić information content (AvgIpc) is 2.48. The van der Waals surface area contributed by atoms with E-state index in [2.05, 4.69) is 0 Å². The van der Waals surface area contributed by atoms with Gasteiger partial charge in [-0.05, 0) is 11.6 Å². The summed E-state index contributed by atoms with van der Waals surface area (Å²) in [4.78, 5) is 24.1. The summed E-state index contributed by atoms with van der Waals surface area (Å²) in [5.41, 5.74) is 1.51. The highest BCUT2D eigenvalue weighted by atomic mass is 16.2. The van der Waals surface area contributed by atoms with Gasteiger partial charge in [-0.25, -0.2) is 0 Å². The summed E-state index contributed by atoms with van der Waals surface area (Å²) < 4.78 is 0. The first kappa shape index (κ1) is 9.65. The van der Waals surface area contributed by atoms with Gasteiger partial charge < -0.3 is 4.90 Å². The second-order valence-corrected chi connectivity index (χ2v) is 3.57. The molecule has 1 amide bonds. The van der Waals surface area contributed by atoms with Gasteiger partial charge in [0.05, 0.1) is 0 Å². The molecule has 0 bridgehead atoms. The van der Waals surface area contributed by atoms with E-state index >= 15 is 0 Å². The van der Waals surface area contributed by atoms with Crippen molar-refractivity contribution in [3.63, 3.8) is 0 Å². The van der Waals surface area contributed by atoms with Crippen LogP contribution in [-0.4, -0.2) is 30.2 Å². The van der Waals surface area contributed by atoms with Gasteiger partial charge in [-0.1, -0.05) is 30.3 Å². The molecular weight excluding hydrogens is 190 g/mol. The lowest BCUT2D eigenvalue weighted by atomic mass is 10.1. The summed E-state index contributed by atoms with van der Waals surface area (Å²) in [5.74, 6) is -0.807. The number of hydrogen-bond donors (Lipinski definition) is 0. The first-order valence-corrected chi connectivity index (χ1v) is 4.74. The minimum Gasteiger partial charge on any atom is -0.334 e. The summed E-state index contributed by atoms with van der Waals surface area (Å²) in [5, 5.41) is 0. The molecular formula is C12H11NO2. The number of likely N-dealkylation sites (tertiary alicyclic amines) is 1. The van der Waals surface area contributed by atoms with E-state index in [1.54, 1.807) is 13.1 Å². The normalized spacial score (nSPS) is 19.0. The molecule has 1 aromatic carbocycles. The molecule has 0 aromatic heterocycles. The predicted molar refractivity (Wildman–Crippen MR) is 57.1 cm³/mol. The van der Waals surface area contributed by atoms with Crippen molar-refractivity contribution < 1.29 is 9.59 Å². The van der Waals surface area contributed by atoms with Crippen molar-refractivity contribution in [1.29, 1.82) is 0 Å². The van der Waals surface area contributed by atoms with Crippen LogP contribution in [0.25, 0.3) is 6.08 Å². The Bertz CT molecular complexity index is 434. The minimum absolute atomic E-state index is 0.388. The highest BCUT2D eigenvalue weighted by Crippen LogP contribution is 2.15. The molecule has 1 heterocycles. The summed E-state index contributed by atoms with van der Waals surface area (Å²) in [6, 6.07) is 9.52. The van der Waals surface area contributed by atoms with Crippen LogP contribution in [0.5, 0.6) is 0 Å². The standard InChI is InChI=1S/C12H11NO2/c1-13-8-10(11(14)12(13)15)7-9-5-3-2-4-6-9/h2-7H,8H2,1H3/b10-7-. The molecule has 3 heteroatoms. The van der Waals surface area contributed by atoms with E-state index in [1.165, 1.54) is 4.90 Å². The van der Waals surface area contributed by atoms with Gasteiger partial charge >= 0.3 is 0 Å². The van der Waals surface area contributed by atoms with E-state index in [1.807, 2.05) is 30.3 Å². The van der Waals surface area contributed by atoms with Crippen molar-refractivity contribution in [3.8, 4) is 0 Å². The van der Waals surface area contributed by atoms with Gasteiger partial charge in [0, 0.05) is 19.2 Å². The Kier molecular flexibility index (Phi) is 2.37. The van der Waals surface area contributed by atoms with Crippen molar-refractivity contribution in [2.24, 2.45) is 0 Å². The maximum absolute atomic E-state index is 11.5. The molecule has 1 aliphatic rings. The second-order valence-electron chi connectivity index (χ2n) is 3.57. The van der Waals surface area contributed by atoms with E-state index in [0.29, 0.717) is 12.1 Å². The number of carbonyl (C=O) groups is 2. The van der Waals surface area contributed by atoms with Gasteiger partial charge in [-0.15, -0.1) is 0 Å². The first-order chi connectivity index (χ1) is 7.18. The number of benzene rings is 1. The van der Waals surface area contributed by atoms with Crippen LogP contribution < -0.4 is 0 Å². The summed E-state index contributed by atoms with van der Waals surface area (Å²) >= 11 is 0. The minimum atomic E-state index is -0.419. The molecule has 0 unspecified atom stereocenters. The fourth-order valence-electron chi connectivity index (χ4n) is 1.57. The van der Waals surface area contributed by atoms with Crippen LogP contribution in [0.3, 0.4) is 0 Å². The highest BCUT2D eigenvalue weighted by molar-refractivity contribution is 6.45. The molecule has 0 saturated carbocycles. The summed E-state index contributed by atoms with van der Waals surface area (Å²) in [6.07, 6.45) is 1.77. The zero-order valence-corrected chi connectivity index (χ0v) is 8.43. The van der Waals surface area contributed by atoms with Gasteiger partial charge in [0.2, 0.25) is 5.78 Å². The van der Waals surface area contributed by atoms with Crippen molar-refractivity contribution in [1.82, 2.24) is 4.90 Å². The molecule has 15 heavy (non-hydrogen) atoms. The molecule has 1 aliphatic heterocycles. The van der Waals surface area contributed by atoms with Crippen LogP contribution in [-0.2, 0) is 9.59 Å². The second kappa shape index (κ2) is 3.69. The van der Waals surface area contributed by atoms with Gasteiger partial charge in [-0.2, -0.15) is 0 Å². The first-order valence-electron chi connectivity index (χ1n) is 4.74. The van der Waals surface area contributed by atoms with Crippen molar-refractivity contribution in [2.75, 3.05) is 13.6 Å². The van der Waals surface area contributed by atoms with Crippen LogP contribution in [0.4, 0.5) is 0 Å². The monoisotopic (exact) mass is 201 g/mol. The third-order valence-electron chi connectivity index (χ3n) is 2.38. The van der Waals surface area contributed by atoms with Crippen molar-refractivity contribution in [3.05, 3.63) is 41.5 Å². The van der Waals surface area contributed by atoms with E-state index in [0.717, 1.165) is 5.56 Å². The Morgan fingerprint density at radius 2 is 1.87 bits per heavy atom. The Labute approximate surface area is 88.0 Å². The Morgan fingerprint density at radius 1 is 1.20 bits per heavy atom. The molecule has 1 aromatic rings. The maximum atomic E-state index is 11.5. The van der Waals surface area contributed by atoms with E-state index < -0.39 is 5.91 Å². The lowest BCUT2D eigenvalue weighted by Crippen LogP contribution is -2.22. The molecule has 0 atom stereocenters. The Balaban J connectivity index is 2.30. The number of likely N-dealkylation sites (N-methyl/N-ethyl adjacent to an activating group) is 1. The number of rotatable bonds is 1. The number of Topliss-reactive ketones (excluding diaryl/α,β-unsaturated/α-hetero) is 1. The molecule has 0 N–H and O–H groups in total. The molecule has 1 fully saturated rings. The van der Waals surface area contributed by atoms with Crippen LogP contribution in [0.2, 0.25) is 0 Å². The number of carbonyl (C=O) groups excluding carboxylic acids is 2.